The van der Waals surface area contributed by atoms with Gasteiger partial charge in [-0.05, 0) is 24.1 Å². The first kappa shape index (κ1) is 16.9. The molecule has 0 amide bonds. The molecule has 3 rings (SSSR count). The normalized spacial score (nSPS) is 23.0. The van der Waals surface area contributed by atoms with Crippen LogP contribution in [0.5, 0.6) is 0 Å². The van der Waals surface area contributed by atoms with E-state index in [0.717, 1.165) is 18.4 Å². The second kappa shape index (κ2) is 6.87. The van der Waals surface area contributed by atoms with Gasteiger partial charge in [-0.25, -0.2) is 8.42 Å². The number of nitrogens with zero attached hydrogens (tertiary/aromatic N) is 1. The third-order valence-electron chi connectivity index (χ3n) is 4.32. The molecule has 2 aromatic rings. The maximum atomic E-state index is 12.9. The number of hydrogen-bond acceptors (Lipinski definition) is 3. The van der Waals surface area contributed by atoms with Crippen molar-refractivity contribution in [3.63, 3.8) is 0 Å². The van der Waals surface area contributed by atoms with E-state index in [9.17, 15) is 13.2 Å². The Balaban J connectivity index is 1.93. The van der Waals surface area contributed by atoms with Crippen LogP contribution >= 0.6 is 0 Å². The van der Waals surface area contributed by atoms with Crippen LogP contribution in [0.4, 0.5) is 0 Å². The molecule has 5 heteroatoms. The summed E-state index contributed by atoms with van der Waals surface area (Å²) in [6.07, 6.45) is 2.13. The lowest BCUT2D eigenvalue weighted by Gasteiger charge is -2.06. The van der Waals surface area contributed by atoms with Gasteiger partial charge in [-0.3, -0.25) is 4.79 Å². The average molecular weight is 343 g/mol. The van der Waals surface area contributed by atoms with Crippen molar-refractivity contribution < 1.29 is 13.2 Å². The summed E-state index contributed by atoms with van der Waals surface area (Å²) < 4.78 is 27.2. The molecular formula is C19H21NO3S. The van der Waals surface area contributed by atoms with Gasteiger partial charge in [0, 0.05) is 6.42 Å². The van der Waals surface area contributed by atoms with Gasteiger partial charge < -0.3 is 0 Å². The van der Waals surface area contributed by atoms with Crippen molar-refractivity contribution in [2.75, 3.05) is 0 Å². The van der Waals surface area contributed by atoms with Crippen LogP contribution in [0.25, 0.3) is 0 Å². The Bertz CT molecular complexity index is 803. The number of carbonyl (C=O) groups excluding carboxylic acids is 1. The molecule has 126 valence electrons. The van der Waals surface area contributed by atoms with E-state index in [-0.39, 0.29) is 16.7 Å². The molecule has 1 aliphatic heterocycles. The van der Waals surface area contributed by atoms with Crippen molar-refractivity contribution in [3.8, 4) is 0 Å². The first-order chi connectivity index (χ1) is 11.6. The van der Waals surface area contributed by atoms with Crippen LogP contribution in [0, 0.1) is 0 Å². The molecule has 3 atom stereocenters. The predicted octanol–water partition coefficient (Wildman–Crippen LogP) is 3.56. The number of Topliss-reactive ketones (excluding diaryl/α,β-unsaturated/α-hetero) is 1. The van der Waals surface area contributed by atoms with Gasteiger partial charge in [0.1, 0.15) is 6.04 Å². The molecule has 0 spiro atoms. The van der Waals surface area contributed by atoms with Gasteiger partial charge in [0.25, 0.3) is 0 Å². The maximum absolute atomic E-state index is 12.9. The lowest BCUT2D eigenvalue weighted by Crippen LogP contribution is -2.19. The van der Waals surface area contributed by atoms with E-state index in [1.54, 1.807) is 30.3 Å². The van der Waals surface area contributed by atoms with Crippen LogP contribution in [-0.2, 0) is 14.8 Å². The highest BCUT2D eigenvalue weighted by Crippen LogP contribution is 2.48. The minimum atomic E-state index is -3.67. The second-order valence-corrected chi connectivity index (χ2v) is 7.86. The SMILES string of the molecule is CCCCC(=O)[C@@H]1[C@@H](c2ccccc2)N1S(=O)(=O)c1ccccc1. The molecule has 0 saturated carbocycles. The van der Waals surface area contributed by atoms with Crippen LogP contribution in [-0.4, -0.2) is 24.5 Å². The van der Waals surface area contributed by atoms with Crippen molar-refractivity contribution in [2.45, 2.75) is 43.2 Å². The summed E-state index contributed by atoms with van der Waals surface area (Å²) in [6, 6.07) is 16.7. The zero-order chi connectivity index (χ0) is 17.2. The van der Waals surface area contributed by atoms with E-state index >= 15 is 0 Å². The van der Waals surface area contributed by atoms with Crippen LogP contribution in [0.2, 0.25) is 0 Å². The number of benzene rings is 2. The topological polar surface area (TPSA) is 54.2 Å². The van der Waals surface area contributed by atoms with Gasteiger partial charge in [0.05, 0.1) is 10.9 Å². The van der Waals surface area contributed by atoms with Crippen molar-refractivity contribution in [3.05, 3.63) is 66.2 Å². The molecule has 0 bridgehead atoms. The molecule has 1 saturated heterocycles. The highest BCUT2D eigenvalue weighted by Gasteiger charge is 2.59. The highest BCUT2D eigenvalue weighted by atomic mass is 32.2. The molecule has 2 aromatic carbocycles. The fourth-order valence-electron chi connectivity index (χ4n) is 3.02. The Morgan fingerprint density at radius 1 is 1.00 bits per heavy atom. The Morgan fingerprint density at radius 2 is 1.58 bits per heavy atom. The van der Waals surface area contributed by atoms with Crippen molar-refractivity contribution in [1.82, 2.24) is 4.31 Å². The maximum Gasteiger partial charge on any atom is 0.244 e. The number of sulfonamides is 1. The molecule has 0 aliphatic carbocycles. The summed E-state index contributed by atoms with van der Waals surface area (Å²) in [7, 11) is -3.67. The average Bonchev–Trinajstić information content (AvgIpc) is 3.38. The van der Waals surface area contributed by atoms with E-state index in [1.165, 1.54) is 4.31 Å². The first-order valence-electron chi connectivity index (χ1n) is 8.23. The van der Waals surface area contributed by atoms with Gasteiger partial charge in [-0.15, -0.1) is 0 Å². The molecule has 1 fully saturated rings. The molecule has 4 nitrogen and oxygen atoms in total. The Labute approximate surface area is 143 Å². The lowest BCUT2D eigenvalue weighted by atomic mass is 10.0. The minimum absolute atomic E-state index is 0.00482. The molecule has 24 heavy (non-hydrogen) atoms. The smallest absolute Gasteiger partial charge is 0.244 e. The fraction of sp³-hybridized carbons (Fsp3) is 0.316. The molecule has 1 unspecified atom stereocenters. The van der Waals surface area contributed by atoms with Gasteiger partial charge in [0.15, 0.2) is 5.78 Å². The third-order valence-corrected chi connectivity index (χ3v) is 6.20. The standard InChI is InChI=1S/C19H21NO3S/c1-2-3-14-17(21)19-18(15-10-6-4-7-11-15)20(19)24(22,23)16-12-8-5-9-13-16/h4-13,18-19H,2-3,14H2,1H3/t18-,19-,20?/m1/s1. The zero-order valence-corrected chi connectivity index (χ0v) is 14.4. The first-order valence-corrected chi connectivity index (χ1v) is 9.67. The Hall–Kier alpha value is -1.98. The van der Waals surface area contributed by atoms with E-state index in [1.807, 2.05) is 37.3 Å². The summed E-state index contributed by atoms with van der Waals surface area (Å²) in [6.45, 7) is 2.02. The van der Waals surface area contributed by atoms with Crippen LogP contribution in [0.3, 0.4) is 0 Å². The molecule has 1 heterocycles. The predicted molar refractivity (Wildman–Crippen MR) is 93.0 cm³/mol. The van der Waals surface area contributed by atoms with Crippen LogP contribution < -0.4 is 0 Å². The lowest BCUT2D eigenvalue weighted by molar-refractivity contribution is -0.119. The highest BCUT2D eigenvalue weighted by molar-refractivity contribution is 7.89. The van der Waals surface area contributed by atoms with Gasteiger partial charge in [-0.2, -0.15) is 4.31 Å². The summed E-state index contributed by atoms with van der Waals surface area (Å²) in [4.78, 5) is 12.8. The number of rotatable bonds is 7. The molecule has 1 aliphatic rings. The molecule has 0 radical (unpaired) electrons. The molecular weight excluding hydrogens is 322 g/mol. The summed E-state index contributed by atoms with van der Waals surface area (Å²) in [5, 5.41) is 0. The zero-order valence-electron chi connectivity index (χ0n) is 13.6. The number of ketones is 1. The van der Waals surface area contributed by atoms with Crippen LogP contribution in [0.15, 0.2) is 65.6 Å². The van der Waals surface area contributed by atoms with Gasteiger partial charge >= 0.3 is 0 Å². The molecule has 0 aromatic heterocycles. The van der Waals surface area contributed by atoms with E-state index in [0.29, 0.717) is 6.42 Å². The summed E-state index contributed by atoms with van der Waals surface area (Å²) >= 11 is 0. The van der Waals surface area contributed by atoms with Crippen molar-refractivity contribution in [1.29, 1.82) is 0 Å². The van der Waals surface area contributed by atoms with Gasteiger partial charge in [0.2, 0.25) is 10.0 Å². The minimum Gasteiger partial charge on any atom is -0.298 e. The van der Waals surface area contributed by atoms with E-state index < -0.39 is 16.1 Å². The fourth-order valence-corrected chi connectivity index (χ4v) is 4.78. The molecule has 0 N–H and O–H groups in total. The third kappa shape index (κ3) is 3.14. The number of unbranched alkanes of at least 4 members (excludes halogenated alkanes) is 1. The monoisotopic (exact) mass is 343 g/mol. The van der Waals surface area contributed by atoms with E-state index in [2.05, 4.69) is 0 Å². The number of hydrogen-bond donors (Lipinski definition) is 0. The summed E-state index contributed by atoms with van der Waals surface area (Å²) in [5.74, 6) is 0.00482. The van der Waals surface area contributed by atoms with Crippen molar-refractivity contribution in [2.24, 2.45) is 0 Å². The largest absolute Gasteiger partial charge is 0.298 e. The van der Waals surface area contributed by atoms with Crippen molar-refractivity contribution >= 4 is 15.8 Å². The van der Waals surface area contributed by atoms with Crippen LogP contribution in [0.1, 0.15) is 37.8 Å². The Morgan fingerprint density at radius 3 is 2.17 bits per heavy atom. The second-order valence-electron chi connectivity index (χ2n) is 6.02. The quantitative estimate of drug-likeness (QED) is 0.722. The van der Waals surface area contributed by atoms with Gasteiger partial charge in [-0.1, -0.05) is 61.9 Å². The number of carbonyl (C=O) groups is 1. The Kier molecular flexibility index (Phi) is 4.83. The van der Waals surface area contributed by atoms with E-state index in [4.69, 9.17) is 0 Å². The summed E-state index contributed by atoms with van der Waals surface area (Å²) in [5.41, 5.74) is 0.867.